The molecular formula is C11H13ClO4S. The Morgan fingerprint density at radius 2 is 2.12 bits per heavy atom. The number of ether oxygens (including phenoxy) is 2. The fourth-order valence-corrected chi connectivity index (χ4v) is 2.34. The molecule has 0 amide bonds. The zero-order valence-electron chi connectivity index (χ0n) is 9.69. The SMILES string of the molecule is COC(=O)C(O)c1cc(Cl)c(OC)c(SC)c1. The molecule has 1 aromatic rings. The summed E-state index contributed by atoms with van der Waals surface area (Å²) in [6, 6.07) is 3.14. The van der Waals surface area contributed by atoms with Crippen molar-refractivity contribution in [3.05, 3.63) is 22.7 Å². The molecule has 0 aliphatic heterocycles. The highest BCUT2D eigenvalue weighted by molar-refractivity contribution is 7.98. The Labute approximate surface area is 109 Å². The number of carbonyl (C=O) groups excluding carboxylic acids is 1. The van der Waals surface area contributed by atoms with E-state index in [1.807, 2.05) is 6.26 Å². The summed E-state index contributed by atoms with van der Waals surface area (Å²) in [6.07, 6.45) is 0.511. The molecule has 0 bridgehead atoms. The highest BCUT2D eigenvalue weighted by atomic mass is 35.5. The summed E-state index contributed by atoms with van der Waals surface area (Å²) in [5.74, 6) is -0.196. The molecule has 1 rings (SSSR count). The Morgan fingerprint density at radius 3 is 2.59 bits per heavy atom. The molecule has 0 heterocycles. The van der Waals surface area contributed by atoms with Gasteiger partial charge in [0, 0.05) is 0 Å². The minimum atomic E-state index is -1.34. The lowest BCUT2D eigenvalue weighted by Crippen LogP contribution is -2.13. The summed E-state index contributed by atoms with van der Waals surface area (Å²) >= 11 is 7.42. The molecular weight excluding hydrogens is 264 g/mol. The maximum Gasteiger partial charge on any atom is 0.339 e. The topological polar surface area (TPSA) is 55.8 Å². The first-order valence-corrected chi connectivity index (χ1v) is 6.32. The molecule has 0 saturated carbocycles. The number of thioether (sulfide) groups is 1. The van der Waals surface area contributed by atoms with Gasteiger partial charge in [0.15, 0.2) is 11.9 Å². The van der Waals surface area contributed by atoms with E-state index in [0.717, 1.165) is 4.90 Å². The Kier molecular flexibility index (Phi) is 5.11. The van der Waals surface area contributed by atoms with Crippen molar-refractivity contribution in [2.75, 3.05) is 20.5 Å². The Hall–Kier alpha value is -0.910. The Bertz CT molecular complexity index is 422. The quantitative estimate of drug-likeness (QED) is 0.675. The summed E-state index contributed by atoms with van der Waals surface area (Å²) in [5, 5.41) is 10.1. The van der Waals surface area contributed by atoms with Gasteiger partial charge in [0.25, 0.3) is 0 Å². The van der Waals surface area contributed by atoms with Crippen LogP contribution >= 0.6 is 23.4 Å². The largest absolute Gasteiger partial charge is 0.494 e. The smallest absolute Gasteiger partial charge is 0.339 e. The maximum atomic E-state index is 11.2. The second-order valence-corrected chi connectivity index (χ2v) is 4.42. The lowest BCUT2D eigenvalue weighted by atomic mass is 10.1. The van der Waals surface area contributed by atoms with Gasteiger partial charge in [-0.2, -0.15) is 0 Å². The third-order valence-electron chi connectivity index (χ3n) is 2.20. The fourth-order valence-electron chi connectivity index (χ4n) is 1.34. The van der Waals surface area contributed by atoms with E-state index in [2.05, 4.69) is 4.74 Å². The zero-order chi connectivity index (χ0) is 13.0. The number of hydrogen-bond acceptors (Lipinski definition) is 5. The lowest BCUT2D eigenvalue weighted by Gasteiger charge is -2.13. The van der Waals surface area contributed by atoms with Gasteiger partial charge in [-0.3, -0.25) is 0 Å². The van der Waals surface area contributed by atoms with E-state index in [-0.39, 0.29) is 0 Å². The van der Waals surface area contributed by atoms with Crippen LogP contribution in [0.3, 0.4) is 0 Å². The predicted molar refractivity (Wildman–Crippen MR) is 66.8 cm³/mol. The standard InChI is InChI=1S/C11H13ClO4S/c1-15-10-7(12)4-6(5-8(10)17-3)9(13)11(14)16-2/h4-5,9,13H,1-3H3. The van der Waals surface area contributed by atoms with E-state index in [4.69, 9.17) is 16.3 Å². The monoisotopic (exact) mass is 276 g/mol. The third kappa shape index (κ3) is 3.06. The molecule has 1 atom stereocenters. The Morgan fingerprint density at radius 1 is 1.47 bits per heavy atom. The zero-order valence-corrected chi connectivity index (χ0v) is 11.3. The average molecular weight is 277 g/mol. The summed E-state index contributed by atoms with van der Waals surface area (Å²) in [6.45, 7) is 0. The van der Waals surface area contributed by atoms with Crippen LogP contribution in [0.5, 0.6) is 5.75 Å². The van der Waals surface area contributed by atoms with Crippen molar-refractivity contribution in [2.45, 2.75) is 11.0 Å². The van der Waals surface area contributed by atoms with Gasteiger partial charge in [0.05, 0.1) is 24.1 Å². The summed E-state index contributed by atoms with van der Waals surface area (Å²) < 4.78 is 9.60. The first-order valence-electron chi connectivity index (χ1n) is 4.72. The van der Waals surface area contributed by atoms with E-state index in [9.17, 15) is 9.90 Å². The van der Waals surface area contributed by atoms with Crippen LogP contribution in [-0.4, -0.2) is 31.6 Å². The number of halogens is 1. The number of aliphatic hydroxyl groups excluding tert-OH is 1. The summed E-state index contributed by atoms with van der Waals surface area (Å²) in [4.78, 5) is 12.0. The second-order valence-electron chi connectivity index (χ2n) is 3.16. The van der Waals surface area contributed by atoms with Crippen molar-refractivity contribution in [3.8, 4) is 5.75 Å². The van der Waals surface area contributed by atoms with Crippen LogP contribution in [0.2, 0.25) is 5.02 Å². The second kappa shape index (κ2) is 6.14. The van der Waals surface area contributed by atoms with E-state index in [1.54, 1.807) is 6.07 Å². The number of rotatable bonds is 4. The number of methoxy groups -OCH3 is 2. The molecule has 94 valence electrons. The molecule has 0 aromatic heterocycles. The van der Waals surface area contributed by atoms with E-state index in [0.29, 0.717) is 16.3 Å². The average Bonchev–Trinajstić information content (AvgIpc) is 2.35. The van der Waals surface area contributed by atoms with Gasteiger partial charge in [-0.15, -0.1) is 11.8 Å². The van der Waals surface area contributed by atoms with Gasteiger partial charge >= 0.3 is 5.97 Å². The number of hydrogen-bond donors (Lipinski definition) is 1. The number of aliphatic hydroxyl groups is 1. The van der Waals surface area contributed by atoms with Crippen LogP contribution in [-0.2, 0) is 9.53 Å². The molecule has 6 heteroatoms. The highest BCUT2D eigenvalue weighted by Gasteiger charge is 2.21. The number of esters is 1. The summed E-state index contributed by atoms with van der Waals surface area (Å²) in [5.41, 5.74) is 0.381. The van der Waals surface area contributed by atoms with Crippen molar-refractivity contribution in [1.82, 2.24) is 0 Å². The van der Waals surface area contributed by atoms with Crippen molar-refractivity contribution in [3.63, 3.8) is 0 Å². The molecule has 1 aromatic carbocycles. The van der Waals surface area contributed by atoms with Crippen LogP contribution < -0.4 is 4.74 Å². The van der Waals surface area contributed by atoms with E-state index in [1.165, 1.54) is 32.0 Å². The molecule has 0 aliphatic rings. The van der Waals surface area contributed by atoms with Crippen LogP contribution in [0.15, 0.2) is 17.0 Å². The number of benzene rings is 1. The van der Waals surface area contributed by atoms with E-state index < -0.39 is 12.1 Å². The molecule has 0 aliphatic carbocycles. The van der Waals surface area contributed by atoms with Crippen LogP contribution in [0.4, 0.5) is 0 Å². The van der Waals surface area contributed by atoms with Gasteiger partial charge in [-0.1, -0.05) is 11.6 Å². The first kappa shape index (κ1) is 14.2. The van der Waals surface area contributed by atoms with Gasteiger partial charge in [-0.25, -0.2) is 4.79 Å². The van der Waals surface area contributed by atoms with Crippen LogP contribution in [0, 0.1) is 0 Å². The molecule has 4 nitrogen and oxygen atoms in total. The van der Waals surface area contributed by atoms with Gasteiger partial charge in [0.1, 0.15) is 0 Å². The molecule has 0 fully saturated rings. The van der Waals surface area contributed by atoms with Gasteiger partial charge in [-0.05, 0) is 24.0 Å². The molecule has 0 saturated heterocycles. The molecule has 0 radical (unpaired) electrons. The van der Waals surface area contributed by atoms with E-state index >= 15 is 0 Å². The predicted octanol–water partition coefficient (Wildman–Crippen LogP) is 2.28. The number of carbonyl (C=O) groups is 1. The fraction of sp³-hybridized carbons (Fsp3) is 0.364. The minimum Gasteiger partial charge on any atom is -0.494 e. The first-order chi connectivity index (χ1) is 8.04. The van der Waals surface area contributed by atoms with Crippen molar-refractivity contribution in [1.29, 1.82) is 0 Å². The van der Waals surface area contributed by atoms with Crippen molar-refractivity contribution >= 4 is 29.3 Å². The third-order valence-corrected chi connectivity index (χ3v) is 3.22. The Balaban J connectivity index is 3.19. The summed E-state index contributed by atoms with van der Waals surface area (Å²) in [7, 11) is 2.73. The highest BCUT2D eigenvalue weighted by Crippen LogP contribution is 2.37. The van der Waals surface area contributed by atoms with Gasteiger partial charge in [0.2, 0.25) is 0 Å². The molecule has 1 unspecified atom stereocenters. The molecule has 0 spiro atoms. The molecule has 1 N–H and O–H groups in total. The lowest BCUT2D eigenvalue weighted by molar-refractivity contribution is -0.150. The molecule has 17 heavy (non-hydrogen) atoms. The normalized spacial score (nSPS) is 12.1. The van der Waals surface area contributed by atoms with Crippen molar-refractivity contribution < 1.29 is 19.4 Å². The minimum absolute atomic E-state index is 0.345. The van der Waals surface area contributed by atoms with Crippen LogP contribution in [0.25, 0.3) is 0 Å². The van der Waals surface area contributed by atoms with Gasteiger partial charge < -0.3 is 14.6 Å². The van der Waals surface area contributed by atoms with Crippen LogP contribution in [0.1, 0.15) is 11.7 Å². The maximum absolute atomic E-state index is 11.2. The van der Waals surface area contributed by atoms with Crippen molar-refractivity contribution in [2.24, 2.45) is 0 Å².